The molecule has 1 unspecified atom stereocenters. The first-order valence-corrected chi connectivity index (χ1v) is 9.61. The number of carbonyl (C=O) groups is 2. The summed E-state index contributed by atoms with van der Waals surface area (Å²) in [6.07, 6.45) is 1.93. The molecule has 1 aromatic rings. The highest BCUT2D eigenvalue weighted by Crippen LogP contribution is 2.27. The zero-order valence-electron chi connectivity index (χ0n) is 16.6. The number of likely N-dealkylation sites (tertiary alicyclic amines) is 1. The Morgan fingerprint density at radius 1 is 1.39 bits per heavy atom. The monoisotopic (exact) mass is 394 g/mol. The van der Waals surface area contributed by atoms with Crippen molar-refractivity contribution in [2.75, 3.05) is 39.5 Å². The third-order valence-electron chi connectivity index (χ3n) is 4.67. The standard InChI is InChI=1S/C21H29FN2O4.H2/c1-4-20(25)24-9-7-16(14-24)21(26)23-8-10-27-11-12-28-19-13-17(22)5-6-18(19)15(2)3;/h4-6,13,15-16H,1,7-12,14H2,2-3H3,(H,23,26);1H. The van der Waals surface area contributed by atoms with E-state index < -0.39 is 0 Å². The van der Waals surface area contributed by atoms with Gasteiger partial charge >= 0.3 is 0 Å². The van der Waals surface area contributed by atoms with Crippen molar-refractivity contribution >= 4 is 11.8 Å². The molecule has 1 heterocycles. The average Bonchev–Trinajstić information content (AvgIpc) is 3.16. The average molecular weight is 394 g/mol. The number of hydrogen-bond acceptors (Lipinski definition) is 4. The second-order valence-corrected chi connectivity index (χ2v) is 7.06. The van der Waals surface area contributed by atoms with Crippen LogP contribution in [-0.4, -0.2) is 56.2 Å². The first-order chi connectivity index (χ1) is 13.4. The summed E-state index contributed by atoms with van der Waals surface area (Å²) >= 11 is 0. The van der Waals surface area contributed by atoms with Gasteiger partial charge in [0.2, 0.25) is 11.8 Å². The van der Waals surface area contributed by atoms with Crippen LogP contribution < -0.4 is 10.1 Å². The van der Waals surface area contributed by atoms with E-state index in [1.54, 1.807) is 11.0 Å². The first kappa shape index (κ1) is 21.9. The SMILES string of the molecule is C=CC(=O)N1CCC(C(=O)NCCOCCOc2cc(F)ccc2C(C)C)C1.[HH]. The lowest BCUT2D eigenvalue weighted by molar-refractivity contribution is -0.126. The number of halogens is 1. The van der Waals surface area contributed by atoms with Gasteiger partial charge in [-0.25, -0.2) is 4.39 Å². The Hall–Kier alpha value is -2.41. The van der Waals surface area contributed by atoms with Gasteiger partial charge < -0.3 is 19.7 Å². The van der Waals surface area contributed by atoms with Crippen LogP contribution in [0.15, 0.2) is 30.9 Å². The van der Waals surface area contributed by atoms with Crippen molar-refractivity contribution in [3.8, 4) is 5.75 Å². The lowest BCUT2D eigenvalue weighted by Crippen LogP contribution is -2.35. The van der Waals surface area contributed by atoms with E-state index in [0.29, 0.717) is 51.6 Å². The van der Waals surface area contributed by atoms with Gasteiger partial charge in [-0.2, -0.15) is 0 Å². The zero-order chi connectivity index (χ0) is 20.5. The Morgan fingerprint density at radius 2 is 2.18 bits per heavy atom. The predicted octanol–water partition coefficient (Wildman–Crippen LogP) is 2.74. The summed E-state index contributed by atoms with van der Waals surface area (Å²) in [4.78, 5) is 25.3. The van der Waals surface area contributed by atoms with Crippen molar-refractivity contribution in [1.82, 2.24) is 10.2 Å². The van der Waals surface area contributed by atoms with Gasteiger partial charge in [0, 0.05) is 27.1 Å². The molecule has 1 aliphatic rings. The van der Waals surface area contributed by atoms with Crippen LogP contribution in [0.5, 0.6) is 5.75 Å². The third kappa shape index (κ3) is 6.34. The van der Waals surface area contributed by atoms with E-state index in [9.17, 15) is 14.0 Å². The second-order valence-electron chi connectivity index (χ2n) is 7.06. The maximum absolute atomic E-state index is 13.4. The Balaban J connectivity index is 0.00000420. The third-order valence-corrected chi connectivity index (χ3v) is 4.67. The number of hydrogen-bond donors (Lipinski definition) is 1. The molecule has 7 heteroatoms. The van der Waals surface area contributed by atoms with Crippen molar-refractivity contribution in [2.45, 2.75) is 26.2 Å². The van der Waals surface area contributed by atoms with E-state index in [1.807, 2.05) is 13.8 Å². The molecule has 1 aromatic carbocycles. The minimum Gasteiger partial charge on any atom is -0.491 e. The highest BCUT2D eigenvalue weighted by molar-refractivity contribution is 5.88. The number of carbonyl (C=O) groups excluding carboxylic acids is 2. The smallest absolute Gasteiger partial charge is 0.245 e. The van der Waals surface area contributed by atoms with Gasteiger partial charge in [-0.05, 0) is 30.0 Å². The van der Waals surface area contributed by atoms with Gasteiger partial charge in [-0.15, -0.1) is 0 Å². The van der Waals surface area contributed by atoms with Crippen molar-refractivity contribution in [1.29, 1.82) is 0 Å². The number of benzene rings is 1. The van der Waals surface area contributed by atoms with E-state index in [1.165, 1.54) is 18.2 Å². The normalized spacial score (nSPS) is 16.3. The largest absolute Gasteiger partial charge is 0.491 e. The lowest BCUT2D eigenvalue weighted by Gasteiger charge is -2.15. The van der Waals surface area contributed by atoms with E-state index in [4.69, 9.17) is 9.47 Å². The summed E-state index contributed by atoms with van der Waals surface area (Å²) in [5, 5.41) is 2.82. The molecule has 0 spiro atoms. The summed E-state index contributed by atoms with van der Waals surface area (Å²) in [7, 11) is 0. The van der Waals surface area contributed by atoms with Gasteiger partial charge in [-0.1, -0.05) is 26.5 Å². The Kier molecular flexibility index (Phi) is 8.44. The van der Waals surface area contributed by atoms with Gasteiger partial charge in [0.25, 0.3) is 0 Å². The molecule has 0 saturated carbocycles. The molecule has 2 amide bonds. The fourth-order valence-corrected chi connectivity index (χ4v) is 3.12. The number of rotatable bonds is 10. The van der Waals surface area contributed by atoms with Crippen LogP contribution in [0.3, 0.4) is 0 Å². The molecule has 156 valence electrons. The first-order valence-electron chi connectivity index (χ1n) is 9.61. The molecule has 1 saturated heterocycles. The van der Waals surface area contributed by atoms with Crippen LogP contribution in [-0.2, 0) is 14.3 Å². The van der Waals surface area contributed by atoms with Gasteiger partial charge in [0.15, 0.2) is 0 Å². The molecule has 0 aromatic heterocycles. The molecular weight excluding hydrogens is 363 g/mol. The van der Waals surface area contributed by atoms with Crippen LogP contribution in [0, 0.1) is 11.7 Å². The van der Waals surface area contributed by atoms with Gasteiger partial charge in [0.1, 0.15) is 18.2 Å². The van der Waals surface area contributed by atoms with E-state index in [0.717, 1.165) is 5.56 Å². The van der Waals surface area contributed by atoms with Crippen LogP contribution in [0.4, 0.5) is 4.39 Å². The summed E-state index contributed by atoms with van der Waals surface area (Å²) in [5.41, 5.74) is 0.953. The molecule has 0 radical (unpaired) electrons. The highest BCUT2D eigenvalue weighted by atomic mass is 19.1. The van der Waals surface area contributed by atoms with E-state index >= 15 is 0 Å². The minimum absolute atomic E-state index is 0. The highest BCUT2D eigenvalue weighted by Gasteiger charge is 2.29. The van der Waals surface area contributed by atoms with Crippen molar-refractivity contribution in [3.63, 3.8) is 0 Å². The molecule has 2 rings (SSSR count). The van der Waals surface area contributed by atoms with Crippen LogP contribution in [0.25, 0.3) is 0 Å². The van der Waals surface area contributed by atoms with Crippen LogP contribution in [0.1, 0.15) is 33.2 Å². The number of nitrogens with zero attached hydrogens (tertiary/aromatic N) is 1. The molecule has 6 nitrogen and oxygen atoms in total. The topological polar surface area (TPSA) is 67.9 Å². The molecule has 1 N–H and O–H groups in total. The fourth-order valence-electron chi connectivity index (χ4n) is 3.12. The quantitative estimate of drug-likeness (QED) is 0.489. The Labute approximate surface area is 167 Å². The maximum Gasteiger partial charge on any atom is 0.245 e. The van der Waals surface area contributed by atoms with Crippen molar-refractivity contribution in [2.24, 2.45) is 5.92 Å². The molecule has 1 atom stereocenters. The second kappa shape index (κ2) is 10.8. The zero-order valence-corrected chi connectivity index (χ0v) is 16.6. The fraction of sp³-hybridized carbons (Fsp3) is 0.524. The summed E-state index contributed by atoms with van der Waals surface area (Å²) in [6, 6.07) is 4.55. The number of nitrogens with one attached hydrogen (secondary N) is 1. The van der Waals surface area contributed by atoms with E-state index in [2.05, 4.69) is 11.9 Å². The summed E-state index contributed by atoms with van der Waals surface area (Å²) < 4.78 is 24.5. The minimum atomic E-state index is -0.330. The van der Waals surface area contributed by atoms with E-state index in [-0.39, 0.29) is 30.9 Å². The maximum atomic E-state index is 13.4. The molecule has 0 aliphatic carbocycles. The van der Waals surface area contributed by atoms with Gasteiger partial charge in [0.05, 0.1) is 19.1 Å². The number of amides is 2. The molecular formula is C21H31FN2O4. The van der Waals surface area contributed by atoms with Gasteiger partial charge in [-0.3, -0.25) is 9.59 Å². The van der Waals surface area contributed by atoms with Crippen molar-refractivity contribution in [3.05, 3.63) is 42.2 Å². The summed E-state index contributed by atoms with van der Waals surface area (Å²) in [6.45, 7) is 9.91. The lowest BCUT2D eigenvalue weighted by atomic mass is 10.0. The van der Waals surface area contributed by atoms with Crippen LogP contribution >= 0.6 is 0 Å². The molecule has 1 fully saturated rings. The molecule has 1 aliphatic heterocycles. The Morgan fingerprint density at radius 3 is 2.89 bits per heavy atom. The van der Waals surface area contributed by atoms with Crippen LogP contribution in [0.2, 0.25) is 0 Å². The molecule has 0 bridgehead atoms. The Bertz CT molecular complexity index is 699. The van der Waals surface area contributed by atoms with Crippen molar-refractivity contribution < 1.29 is 24.9 Å². The molecule has 28 heavy (non-hydrogen) atoms. The number of ether oxygens (including phenoxy) is 2. The predicted molar refractivity (Wildman–Crippen MR) is 107 cm³/mol. The summed E-state index contributed by atoms with van der Waals surface area (Å²) in [5.74, 6) is 0.0443.